The number of carbonyl (C=O) groups is 2. The Kier molecular flexibility index (Phi) is 6.43. The Labute approximate surface area is 203 Å². The number of amides is 1. The lowest BCUT2D eigenvalue weighted by Crippen LogP contribution is -2.32. The minimum Gasteiger partial charge on any atom is -0.481 e. The number of hydrogen-bond acceptors (Lipinski definition) is 5. The Morgan fingerprint density at radius 2 is 1.71 bits per heavy atom. The number of fused-ring (bicyclic) bond motifs is 4. The van der Waals surface area contributed by atoms with Crippen molar-refractivity contribution in [2.24, 2.45) is 11.8 Å². The van der Waals surface area contributed by atoms with Crippen LogP contribution in [-0.4, -0.2) is 23.5 Å². The van der Waals surface area contributed by atoms with Gasteiger partial charge in [0, 0.05) is 46.8 Å². The standard InChI is InChI=1S/C28H33NO6/c1-15-19(11-12-24(30)29-14-17-7-9-18(10-8-17)27(31)32)28(33)35-25-16(2)26-22(13-21(15)25)20-5-3-4-6-23(20)34-26/h13,17-18H,3-12,14H2,1-2H3,(H,29,30)(H,31,32). The molecule has 2 N–H and O–H groups in total. The van der Waals surface area contributed by atoms with Crippen LogP contribution in [0.1, 0.15) is 73.0 Å². The van der Waals surface area contributed by atoms with Gasteiger partial charge in [0.25, 0.3) is 0 Å². The molecule has 2 aromatic heterocycles. The summed E-state index contributed by atoms with van der Waals surface area (Å²) in [5.74, 6) is 0.293. The molecule has 0 aliphatic heterocycles. The van der Waals surface area contributed by atoms with Crippen LogP contribution in [0.3, 0.4) is 0 Å². The Morgan fingerprint density at radius 3 is 2.46 bits per heavy atom. The zero-order valence-electron chi connectivity index (χ0n) is 20.5. The molecule has 7 heteroatoms. The van der Waals surface area contributed by atoms with Gasteiger partial charge >= 0.3 is 11.6 Å². The van der Waals surface area contributed by atoms with E-state index in [1.54, 1.807) is 0 Å². The summed E-state index contributed by atoms with van der Waals surface area (Å²) in [6, 6.07) is 2.10. The molecular formula is C28H33NO6. The smallest absolute Gasteiger partial charge is 0.339 e. The molecule has 7 nitrogen and oxygen atoms in total. The fraction of sp³-hybridized carbons (Fsp3) is 0.536. The molecule has 2 heterocycles. The normalized spacial score (nSPS) is 20.2. The molecule has 0 atom stereocenters. The van der Waals surface area contributed by atoms with E-state index in [0.717, 1.165) is 71.8 Å². The number of carboxylic acids is 1. The van der Waals surface area contributed by atoms with E-state index in [0.29, 0.717) is 42.9 Å². The highest BCUT2D eigenvalue weighted by molar-refractivity contribution is 6.00. The van der Waals surface area contributed by atoms with Crippen molar-refractivity contribution in [1.29, 1.82) is 0 Å². The minimum absolute atomic E-state index is 0.0974. The van der Waals surface area contributed by atoms with Crippen LogP contribution in [-0.2, 0) is 28.9 Å². The van der Waals surface area contributed by atoms with Crippen LogP contribution in [0.5, 0.6) is 0 Å². The van der Waals surface area contributed by atoms with E-state index in [1.165, 1.54) is 5.56 Å². The van der Waals surface area contributed by atoms with Gasteiger partial charge in [-0.1, -0.05) is 0 Å². The molecule has 1 saturated carbocycles. The number of aryl methyl sites for hydroxylation is 4. The second kappa shape index (κ2) is 9.51. The van der Waals surface area contributed by atoms with E-state index in [9.17, 15) is 14.4 Å². The second-order valence-corrected chi connectivity index (χ2v) is 10.3. The number of carboxylic acid groups (broad SMARTS) is 1. The largest absolute Gasteiger partial charge is 0.481 e. The number of carbonyl (C=O) groups excluding carboxylic acids is 1. The van der Waals surface area contributed by atoms with Gasteiger partial charge in [-0.05, 0) is 82.8 Å². The maximum absolute atomic E-state index is 12.9. The van der Waals surface area contributed by atoms with Crippen LogP contribution in [0.2, 0.25) is 0 Å². The zero-order chi connectivity index (χ0) is 24.7. The minimum atomic E-state index is -0.722. The van der Waals surface area contributed by atoms with Gasteiger partial charge in [0.1, 0.15) is 16.9 Å². The highest BCUT2D eigenvalue weighted by atomic mass is 16.4. The molecule has 3 aromatic rings. The number of nitrogens with one attached hydrogen (secondary N) is 1. The van der Waals surface area contributed by atoms with Gasteiger partial charge in [-0.25, -0.2) is 4.79 Å². The third-order valence-corrected chi connectivity index (χ3v) is 8.11. The zero-order valence-corrected chi connectivity index (χ0v) is 20.5. The van der Waals surface area contributed by atoms with E-state index in [1.807, 2.05) is 13.8 Å². The molecule has 0 radical (unpaired) electrons. The lowest BCUT2D eigenvalue weighted by atomic mass is 9.82. The predicted molar refractivity (Wildman–Crippen MR) is 133 cm³/mol. The summed E-state index contributed by atoms with van der Waals surface area (Å²) < 4.78 is 11.9. The van der Waals surface area contributed by atoms with E-state index in [-0.39, 0.29) is 18.2 Å². The first-order valence-electron chi connectivity index (χ1n) is 12.8. The summed E-state index contributed by atoms with van der Waals surface area (Å²) in [5.41, 5.74) is 4.54. The first-order valence-corrected chi connectivity index (χ1v) is 12.8. The van der Waals surface area contributed by atoms with E-state index in [2.05, 4.69) is 11.4 Å². The average molecular weight is 480 g/mol. The lowest BCUT2D eigenvalue weighted by molar-refractivity contribution is -0.143. The quantitative estimate of drug-likeness (QED) is 0.483. The van der Waals surface area contributed by atoms with Gasteiger partial charge in [0.2, 0.25) is 5.91 Å². The molecule has 0 bridgehead atoms. The fourth-order valence-electron chi connectivity index (χ4n) is 5.90. The summed E-state index contributed by atoms with van der Waals surface area (Å²) in [6.07, 6.45) is 7.74. The topological polar surface area (TPSA) is 110 Å². The molecule has 5 rings (SSSR count). The summed E-state index contributed by atoms with van der Waals surface area (Å²) >= 11 is 0. The molecule has 2 aliphatic rings. The van der Waals surface area contributed by atoms with E-state index >= 15 is 0 Å². The third-order valence-electron chi connectivity index (χ3n) is 8.11. The second-order valence-electron chi connectivity index (χ2n) is 10.3. The summed E-state index contributed by atoms with van der Waals surface area (Å²) in [6.45, 7) is 4.43. The van der Waals surface area contributed by atoms with Crippen LogP contribution in [0.4, 0.5) is 0 Å². The number of benzene rings is 1. The molecule has 2 aliphatic carbocycles. The fourth-order valence-corrected chi connectivity index (χ4v) is 5.90. The van der Waals surface area contributed by atoms with Crippen molar-refractivity contribution in [3.63, 3.8) is 0 Å². The third kappa shape index (κ3) is 4.48. The Bertz CT molecular complexity index is 1360. The molecule has 1 aromatic carbocycles. The Hall–Kier alpha value is -3.09. The highest BCUT2D eigenvalue weighted by Gasteiger charge is 2.26. The number of hydrogen-bond donors (Lipinski definition) is 2. The first kappa shape index (κ1) is 23.6. The maximum atomic E-state index is 12.9. The van der Waals surface area contributed by atoms with Crippen molar-refractivity contribution < 1.29 is 23.5 Å². The number of rotatable bonds is 6. The summed E-state index contributed by atoms with van der Waals surface area (Å²) in [5, 5.41) is 14.1. The molecule has 186 valence electrons. The van der Waals surface area contributed by atoms with Crippen LogP contribution >= 0.6 is 0 Å². The molecule has 0 unspecified atom stereocenters. The molecular weight excluding hydrogens is 446 g/mol. The Balaban J connectivity index is 1.30. The molecule has 35 heavy (non-hydrogen) atoms. The maximum Gasteiger partial charge on any atom is 0.339 e. The molecule has 1 amide bonds. The monoisotopic (exact) mass is 479 g/mol. The van der Waals surface area contributed by atoms with Crippen molar-refractivity contribution in [2.45, 2.75) is 78.1 Å². The lowest BCUT2D eigenvalue weighted by Gasteiger charge is -2.26. The van der Waals surface area contributed by atoms with Gasteiger partial charge < -0.3 is 19.3 Å². The Morgan fingerprint density at radius 1 is 1.00 bits per heavy atom. The van der Waals surface area contributed by atoms with Gasteiger partial charge in [-0.15, -0.1) is 0 Å². The van der Waals surface area contributed by atoms with Crippen LogP contribution in [0, 0.1) is 25.7 Å². The van der Waals surface area contributed by atoms with Crippen molar-refractivity contribution in [2.75, 3.05) is 6.54 Å². The van der Waals surface area contributed by atoms with Crippen molar-refractivity contribution in [3.8, 4) is 0 Å². The van der Waals surface area contributed by atoms with Gasteiger partial charge in [0.15, 0.2) is 0 Å². The van der Waals surface area contributed by atoms with E-state index < -0.39 is 11.6 Å². The van der Waals surface area contributed by atoms with Gasteiger partial charge in [-0.3, -0.25) is 9.59 Å². The summed E-state index contributed by atoms with van der Waals surface area (Å²) in [7, 11) is 0. The van der Waals surface area contributed by atoms with Crippen LogP contribution < -0.4 is 10.9 Å². The van der Waals surface area contributed by atoms with E-state index in [4.69, 9.17) is 13.9 Å². The SMILES string of the molecule is Cc1c(CCC(=O)NCC2CCC(C(=O)O)CC2)c(=O)oc2c(C)c3oc4c(c3cc12)CCCC4. The van der Waals surface area contributed by atoms with Crippen molar-refractivity contribution >= 4 is 33.8 Å². The average Bonchev–Trinajstić information content (AvgIpc) is 3.23. The van der Waals surface area contributed by atoms with Crippen molar-refractivity contribution in [1.82, 2.24) is 5.32 Å². The van der Waals surface area contributed by atoms with Crippen LogP contribution in [0.15, 0.2) is 19.7 Å². The van der Waals surface area contributed by atoms with Crippen molar-refractivity contribution in [3.05, 3.63) is 44.5 Å². The molecule has 0 spiro atoms. The highest BCUT2D eigenvalue weighted by Crippen LogP contribution is 2.38. The predicted octanol–water partition coefficient (Wildman–Crippen LogP) is 4.97. The van der Waals surface area contributed by atoms with Gasteiger partial charge in [-0.2, -0.15) is 0 Å². The van der Waals surface area contributed by atoms with Crippen LogP contribution in [0.25, 0.3) is 21.9 Å². The number of aliphatic carboxylic acids is 1. The number of furan rings is 1. The molecule has 1 fully saturated rings. The first-order chi connectivity index (χ1) is 16.8. The summed E-state index contributed by atoms with van der Waals surface area (Å²) in [4.78, 5) is 36.5. The molecule has 0 saturated heterocycles. The van der Waals surface area contributed by atoms with Gasteiger partial charge in [0.05, 0.1) is 5.92 Å².